The molecule has 1 aliphatic rings. The number of carbonyl (C=O) groups is 1. The van der Waals surface area contributed by atoms with Crippen LogP contribution in [-0.4, -0.2) is 27.5 Å². The molecular weight excluding hydrogens is 445 g/mol. The molecule has 10 heteroatoms. The van der Waals surface area contributed by atoms with Crippen LogP contribution in [0.15, 0.2) is 65.6 Å². The van der Waals surface area contributed by atoms with Gasteiger partial charge in [0.05, 0.1) is 16.3 Å². The second kappa shape index (κ2) is 8.54. The third-order valence-electron chi connectivity index (χ3n) is 4.94. The largest absolute Gasteiger partial charge is 0.484 e. The first-order chi connectivity index (χ1) is 15.3. The fraction of sp³-hybridized carbons (Fsp3) is 0.136. The van der Waals surface area contributed by atoms with Crippen molar-refractivity contribution in [2.24, 2.45) is 0 Å². The summed E-state index contributed by atoms with van der Waals surface area (Å²) in [6.07, 6.45) is 0.629. The molecule has 0 atom stereocenters. The van der Waals surface area contributed by atoms with Crippen molar-refractivity contribution < 1.29 is 31.1 Å². The molecule has 0 fully saturated rings. The first kappa shape index (κ1) is 21.7. The number of ether oxygens (including phenoxy) is 1. The standard InChI is InChI=1S/C22H17F3N2O4S/c23-17-9-10-18(22(25)21(17)24)26-20(28)13-31-15-5-7-16(8-6-15)32(29,30)27-12-11-14-3-1-2-4-19(14)27/h1-10H,11-13H2,(H,26,28). The predicted octanol–water partition coefficient (Wildman–Crippen LogP) is 3.87. The van der Waals surface area contributed by atoms with E-state index in [0.29, 0.717) is 24.7 Å². The van der Waals surface area contributed by atoms with Crippen molar-refractivity contribution in [1.82, 2.24) is 0 Å². The summed E-state index contributed by atoms with van der Waals surface area (Å²) in [6.45, 7) is -0.204. The lowest BCUT2D eigenvalue weighted by Crippen LogP contribution is -2.29. The fourth-order valence-corrected chi connectivity index (χ4v) is 4.85. The van der Waals surface area contributed by atoms with Gasteiger partial charge in [0, 0.05) is 6.54 Å². The summed E-state index contributed by atoms with van der Waals surface area (Å²) in [7, 11) is -3.76. The minimum absolute atomic E-state index is 0.0647. The van der Waals surface area contributed by atoms with E-state index in [4.69, 9.17) is 4.74 Å². The quantitative estimate of drug-likeness (QED) is 0.565. The Hall–Kier alpha value is -3.53. The van der Waals surface area contributed by atoms with Gasteiger partial charge in [0.25, 0.3) is 15.9 Å². The van der Waals surface area contributed by atoms with Crippen LogP contribution in [0.3, 0.4) is 0 Å². The zero-order chi connectivity index (χ0) is 22.9. The molecular formula is C22H17F3N2O4S. The summed E-state index contributed by atoms with van der Waals surface area (Å²) in [6, 6.07) is 14.4. The van der Waals surface area contributed by atoms with E-state index >= 15 is 0 Å². The van der Waals surface area contributed by atoms with Gasteiger partial charge in [-0.15, -0.1) is 0 Å². The Labute approximate surface area is 182 Å². The molecule has 166 valence electrons. The van der Waals surface area contributed by atoms with Crippen molar-refractivity contribution in [2.45, 2.75) is 11.3 Å². The highest BCUT2D eigenvalue weighted by atomic mass is 32.2. The number of nitrogens with zero attached hydrogens (tertiary/aromatic N) is 1. The van der Waals surface area contributed by atoms with Crippen LogP contribution in [0.1, 0.15) is 5.56 Å². The highest BCUT2D eigenvalue weighted by Crippen LogP contribution is 2.33. The van der Waals surface area contributed by atoms with Crippen molar-refractivity contribution >= 4 is 27.3 Å². The number of benzene rings is 3. The van der Waals surface area contributed by atoms with Crippen LogP contribution in [0.25, 0.3) is 0 Å². The minimum atomic E-state index is -3.76. The highest BCUT2D eigenvalue weighted by molar-refractivity contribution is 7.92. The first-order valence-corrected chi connectivity index (χ1v) is 11.0. The molecule has 0 aromatic heterocycles. The van der Waals surface area contributed by atoms with E-state index < -0.39 is 45.7 Å². The maximum Gasteiger partial charge on any atom is 0.264 e. The fourth-order valence-electron chi connectivity index (χ4n) is 3.35. The Bertz CT molecular complexity index is 1280. The molecule has 3 aromatic carbocycles. The molecule has 1 aliphatic heterocycles. The van der Waals surface area contributed by atoms with Crippen LogP contribution in [0.2, 0.25) is 0 Å². The van der Waals surface area contributed by atoms with Crippen LogP contribution in [0.4, 0.5) is 24.5 Å². The first-order valence-electron chi connectivity index (χ1n) is 9.54. The van der Waals surface area contributed by atoms with Crippen molar-refractivity contribution in [3.05, 3.63) is 83.7 Å². The summed E-state index contributed by atoms with van der Waals surface area (Å²) < 4.78 is 72.4. The van der Waals surface area contributed by atoms with Crippen LogP contribution in [-0.2, 0) is 21.2 Å². The SMILES string of the molecule is O=C(COc1ccc(S(=O)(=O)N2CCc3ccccc32)cc1)Nc1ccc(F)c(F)c1F. The maximum atomic E-state index is 13.6. The van der Waals surface area contributed by atoms with Crippen LogP contribution >= 0.6 is 0 Å². The Morgan fingerprint density at radius 3 is 2.44 bits per heavy atom. The molecule has 0 unspecified atom stereocenters. The van der Waals surface area contributed by atoms with E-state index in [2.05, 4.69) is 5.32 Å². The number of halogens is 3. The molecule has 0 bridgehead atoms. The number of carbonyl (C=O) groups excluding carboxylic acids is 1. The van der Waals surface area contributed by atoms with Gasteiger partial charge in [0.15, 0.2) is 24.1 Å². The van der Waals surface area contributed by atoms with E-state index in [0.717, 1.165) is 11.6 Å². The monoisotopic (exact) mass is 462 g/mol. The number of para-hydroxylation sites is 1. The molecule has 0 radical (unpaired) electrons. The Morgan fingerprint density at radius 2 is 1.69 bits per heavy atom. The van der Waals surface area contributed by atoms with E-state index in [1.165, 1.54) is 28.6 Å². The van der Waals surface area contributed by atoms with E-state index in [1.807, 2.05) is 12.1 Å². The Kier molecular flexibility index (Phi) is 5.79. The Balaban J connectivity index is 1.40. The van der Waals surface area contributed by atoms with Crippen LogP contribution < -0.4 is 14.4 Å². The van der Waals surface area contributed by atoms with Gasteiger partial charge in [-0.1, -0.05) is 18.2 Å². The van der Waals surface area contributed by atoms with E-state index in [-0.39, 0.29) is 10.6 Å². The van der Waals surface area contributed by atoms with Crippen molar-refractivity contribution in [3.63, 3.8) is 0 Å². The van der Waals surface area contributed by atoms with Crippen molar-refractivity contribution in [1.29, 1.82) is 0 Å². The molecule has 3 aromatic rings. The van der Waals surface area contributed by atoms with Gasteiger partial charge in [0.1, 0.15) is 5.75 Å². The topological polar surface area (TPSA) is 75.7 Å². The van der Waals surface area contributed by atoms with Crippen molar-refractivity contribution in [2.75, 3.05) is 22.8 Å². The number of hydrogen-bond acceptors (Lipinski definition) is 4. The van der Waals surface area contributed by atoms with Gasteiger partial charge in [0.2, 0.25) is 0 Å². The lowest BCUT2D eigenvalue weighted by Gasteiger charge is -2.19. The second-order valence-electron chi connectivity index (χ2n) is 6.99. The average molecular weight is 462 g/mol. The van der Waals surface area contributed by atoms with E-state index in [9.17, 15) is 26.4 Å². The van der Waals surface area contributed by atoms with Gasteiger partial charge < -0.3 is 10.1 Å². The summed E-state index contributed by atoms with van der Waals surface area (Å²) >= 11 is 0. The van der Waals surface area contributed by atoms with Crippen LogP contribution in [0.5, 0.6) is 5.75 Å². The molecule has 0 spiro atoms. The molecule has 0 saturated carbocycles. The lowest BCUT2D eigenvalue weighted by atomic mass is 10.2. The van der Waals surface area contributed by atoms with Gasteiger partial charge in [-0.3, -0.25) is 9.10 Å². The zero-order valence-corrected chi connectivity index (χ0v) is 17.3. The number of fused-ring (bicyclic) bond motifs is 1. The maximum absolute atomic E-state index is 13.6. The van der Waals surface area contributed by atoms with Gasteiger partial charge in [-0.05, 0) is 54.4 Å². The summed E-state index contributed by atoms with van der Waals surface area (Å²) in [5.74, 6) is -5.19. The zero-order valence-electron chi connectivity index (χ0n) is 16.5. The summed E-state index contributed by atoms with van der Waals surface area (Å²) in [4.78, 5) is 12.0. The summed E-state index contributed by atoms with van der Waals surface area (Å²) in [5, 5.41) is 2.08. The van der Waals surface area contributed by atoms with Gasteiger partial charge in [-0.2, -0.15) is 0 Å². The van der Waals surface area contributed by atoms with Crippen LogP contribution in [0, 0.1) is 17.5 Å². The summed E-state index contributed by atoms with van der Waals surface area (Å²) in [5.41, 5.74) is 1.08. The number of rotatable bonds is 6. The highest BCUT2D eigenvalue weighted by Gasteiger charge is 2.30. The third-order valence-corrected chi connectivity index (χ3v) is 6.76. The number of nitrogens with one attached hydrogen (secondary N) is 1. The molecule has 0 aliphatic carbocycles. The van der Waals surface area contributed by atoms with Crippen molar-refractivity contribution in [3.8, 4) is 5.75 Å². The smallest absolute Gasteiger partial charge is 0.264 e. The molecule has 32 heavy (non-hydrogen) atoms. The number of sulfonamides is 1. The van der Waals surface area contributed by atoms with E-state index in [1.54, 1.807) is 12.1 Å². The molecule has 0 saturated heterocycles. The molecule has 4 rings (SSSR count). The molecule has 1 N–H and O–H groups in total. The minimum Gasteiger partial charge on any atom is -0.484 e. The molecule has 1 heterocycles. The number of hydrogen-bond donors (Lipinski definition) is 1. The normalized spacial score (nSPS) is 13.0. The van der Waals surface area contributed by atoms with Gasteiger partial charge >= 0.3 is 0 Å². The van der Waals surface area contributed by atoms with Gasteiger partial charge in [-0.25, -0.2) is 21.6 Å². The third kappa shape index (κ3) is 4.13. The molecule has 6 nitrogen and oxygen atoms in total. The average Bonchev–Trinajstić information content (AvgIpc) is 3.23. The second-order valence-corrected chi connectivity index (χ2v) is 8.85. The molecule has 1 amide bonds. The number of amides is 1. The predicted molar refractivity (Wildman–Crippen MR) is 112 cm³/mol. The lowest BCUT2D eigenvalue weighted by molar-refractivity contribution is -0.118. The number of anilines is 2. The Morgan fingerprint density at radius 1 is 0.969 bits per heavy atom.